The Bertz CT molecular complexity index is 532. The Morgan fingerprint density at radius 1 is 1.33 bits per heavy atom. The maximum absolute atomic E-state index is 11.5. The Hall–Kier alpha value is -2.10. The summed E-state index contributed by atoms with van der Waals surface area (Å²) in [5, 5.41) is 2.75. The predicted octanol–water partition coefficient (Wildman–Crippen LogP) is 2.33. The largest absolute Gasteiger partial charge is 0.441 e. The monoisotopic (exact) mass is 244 g/mol. The van der Waals surface area contributed by atoms with Crippen molar-refractivity contribution in [1.82, 2.24) is 10.3 Å². The summed E-state index contributed by atoms with van der Waals surface area (Å²) in [5.74, 6) is 1.22. The molecule has 1 N–H and O–H groups in total. The summed E-state index contributed by atoms with van der Waals surface area (Å²) >= 11 is 0. The Labute approximate surface area is 106 Å². The molecule has 0 radical (unpaired) electrons. The third-order valence-electron chi connectivity index (χ3n) is 2.62. The number of nitrogens with one attached hydrogen (secondary N) is 1. The van der Waals surface area contributed by atoms with Gasteiger partial charge in [-0.25, -0.2) is 4.98 Å². The van der Waals surface area contributed by atoms with E-state index in [0.717, 1.165) is 5.56 Å². The molecule has 1 aromatic heterocycles. The third-order valence-corrected chi connectivity index (χ3v) is 2.62. The van der Waals surface area contributed by atoms with Crippen molar-refractivity contribution in [2.45, 2.75) is 20.3 Å². The maximum atomic E-state index is 11.5. The second-order valence-corrected chi connectivity index (χ2v) is 4.02. The fourth-order valence-electron chi connectivity index (χ4n) is 1.71. The lowest BCUT2D eigenvalue weighted by molar-refractivity contribution is -0.120. The Balaban J connectivity index is 2.20. The van der Waals surface area contributed by atoms with Gasteiger partial charge in [0.15, 0.2) is 0 Å². The number of likely N-dealkylation sites (N-methyl/N-ethyl adjacent to an activating group) is 1. The van der Waals surface area contributed by atoms with Crippen molar-refractivity contribution in [3.63, 3.8) is 0 Å². The number of aromatic nitrogens is 1. The van der Waals surface area contributed by atoms with Gasteiger partial charge in [-0.15, -0.1) is 0 Å². The molecular formula is C14H16N2O2. The quantitative estimate of drug-likeness (QED) is 0.898. The Morgan fingerprint density at radius 3 is 2.72 bits per heavy atom. The predicted molar refractivity (Wildman–Crippen MR) is 69.1 cm³/mol. The van der Waals surface area contributed by atoms with Crippen LogP contribution < -0.4 is 5.32 Å². The van der Waals surface area contributed by atoms with Crippen molar-refractivity contribution in [3.05, 3.63) is 41.8 Å². The zero-order valence-electron chi connectivity index (χ0n) is 10.6. The van der Waals surface area contributed by atoms with Crippen molar-refractivity contribution in [2.24, 2.45) is 0 Å². The minimum absolute atomic E-state index is 0.0338. The normalized spacial score (nSPS) is 10.3. The third kappa shape index (κ3) is 2.77. The van der Waals surface area contributed by atoms with Crippen LogP contribution in [0.3, 0.4) is 0 Å². The molecule has 0 aliphatic carbocycles. The van der Waals surface area contributed by atoms with Gasteiger partial charge in [0.25, 0.3) is 0 Å². The first kappa shape index (κ1) is 12.4. The molecule has 0 atom stereocenters. The molecule has 4 heteroatoms. The van der Waals surface area contributed by atoms with Gasteiger partial charge in [-0.3, -0.25) is 4.79 Å². The number of aryl methyl sites for hydroxylation is 1. The van der Waals surface area contributed by atoms with Crippen LogP contribution in [0.2, 0.25) is 0 Å². The van der Waals surface area contributed by atoms with Gasteiger partial charge >= 0.3 is 0 Å². The summed E-state index contributed by atoms with van der Waals surface area (Å²) in [7, 11) is 0. The fourth-order valence-corrected chi connectivity index (χ4v) is 1.71. The summed E-state index contributed by atoms with van der Waals surface area (Å²) in [5.41, 5.74) is 1.61. The van der Waals surface area contributed by atoms with Gasteiger partial charge in [-0.1, -0.05) is 18.2 Å². The van der Waals surface area contributed by atoms with Crippen LogP contribution in [0.5, 0.6) is 0 Å². The highest BCUT2D eigenvalue weighted by atomic mass is 16.4. The fraction of sp³-hybridized carbons (Fsp3) is 0.286. The van der Waals surface area contributed by atoms with E-state index < -0.39 is 0 Å². The second-order valence-electron chi connectivity index (χ2n) is 4.02. The van der Waals surface area contributed by atoms with Crippen LogP contribution in [-0.2, 0) is 11.2 Å². The molecule has 0 aliphatic heterocycles. The van der Waals surface area contributed by atoms with E-state index in [-0.39, 0.29) is 12.3 Å². The Kier molecular flexibility index (Phi) is 3.77. The average molecular weight is 244 g/mol. The number of rotatable bonds is 4. The topological polar surface area (TPSA) is 55.1 Å². The van der Waals surface area contributed by atoms with Gasteiger partial charge in [0.1, 0.15) is 5.76 Å². The molecule has 2 rings (SSSR count). The van der Waals surface area contributed by atoms with Crippen molar-refractivity contribution < 1.29 is 9.21 Å². The molecule has 0 saturated heterocycles. The van der Waals surface area contributed by atoms with E-state index in [1.807, 2.05) is 44.2 Å². The van der Waals surface area contributed by atoms with E-state index in [9.17, 15) is 4.79 Å². The molecule has 0 saturated carbocycles. The van der Waals surface area contributed by atoms with E-state index in [4.69, 9.17) is 4.42 Å². The highest BCUT2D eigenvalue weighted by Crippen LogP contribution is 2.21. The molecule has 1 aromatic carbocycles. The van der Waals surface area contributed by atoms with Gasteiger partial charge in [0, 0.05) is 12.1 Å². The van der Waals surface area contributed by atoms with Crippen molar-refractivity contribution in [3.8, 4) is 11.5 Å². The summed E-state index contributed by atoms with van der Waals surface area (Å²) in [6.45, 7) is 4.35. The molecule has 1 heterocycles. The number of hydrogen-bond acceptors (Lipinski definition) is 3. The van der Waals surface area contributed by atoms with E-state index in [2.05, 4.69) is 10.3 Å². The van der Waals surface area contributed by atoms with Gasteiger partial charge in [-0.2, -0.15) is 0 Å². The van der Waals surface area contributed by atoms with Crippen LogP contribution in [0.15, 0.2) is 34.7 Å². The molecule has 2 aromatic rings. The number of oxazole rings is 1. The van der Waals surface area contributed by atoms with Crippen LogP contribution in [0.4, 0.5) is 0 Å². The molecule has 94 valence electrons. The number of benzene rings is 1. The van der Waals surface area contributed by atoms with Crippen molar-refractivity contribution in [1.29, 1.82) is 0 Å². The number of amides is 1. The minimum Gasteiger partial charge on any atom is -0.441 e. The number of carbonyl (C=O) groups excluding carboxylic acids is 1. The summed E-state index contributed by atoms with van der Waals surface area (Å²) < 4.78 is 5.59. The summed E-state index contributed by atoms with van der Waals surface area (Å²) in [6, 6.07) is 9.66. The maximum Gasteiger partial charge on any atom is 0.226 e. The molecule has 0 unspecified atom stereocenters. The second kappa shape index (κ2) is 5.49. The first-order chi connectivity index (χ1) is 8.70. The molecular weight excluding hydrogens is 228 g/mol. The van der Waals surface area contributed by atoms with Crippen LogP contribution in [0.1, 0.15) is 18.4 Å². The van der Waals surface area contributed by atoms with Gasteiger partial charge in [0.05, 0.1) is 12.1 Å². The van der Waals surface area contributed by atoms with Crippen molar-refractivity contribution in [2.75, 3.05) is 6.54 Å². The standard InChI is InChI=1S/C14H16N2O2/c1-3-15-13(17)9-12-10(2)18-14(16-12)11-7-5-4-6-8-11/h4-8H,3,9H2,1-2H3,(H,15,17). The van der Waals surface area contributed by atoms with Crippen LogP contribution in [-0.4, -0.2) is 17.4 Å². The van der Waals surface area contributed by atoms with Crippen LogP contribution >= 0.6 is 0 Å². The average Bonchev–Trinajstić information content (AvgIpc) is 2.72. The molecule has 0 fully saturated rings. The number of hydrogen-bond donors (Lipinski definition) is 1. The SMILES string of the molecule is CCNC(=O)Cc1nc(-c2ccccc2)oc1C. The number of carbonyl (C=O) groups is 1. The zero-order valence-corrected chi connectivity index (χ0v) is 10.6. The van der Waals surface area contributed by atoms with E-state index in [1.54, 1.807) is 0 Å². The first-order valence-electron chi connectivity index (χ1n) is 5.99. The molecule has 1 amide bonds. The molecule has 4 nitrogen and oxygen atoms in total. The lowest BCUT2D eigenvalue weighted by Crippen LogP contribution is -2.24. The first-order valence-corrected chi connectivity index (χ1v) is 5.99. The molecule has 0 aliphatic rings. The van der Waals surface area contributed by atoms with E-state index in [0.29, 0.717) is 23.9 Å². The van der Waals surface area contributed by atoms with Gasteiger partial charge < -0.3 is 9.73 Å². The molecule has 0 spiro atoms. The molecule has 0 bridgehead atoms. The zero-order chi connectivity index (χ0) is 13.0. The Morgan fingerprint density at radius 2 is 2.06 bits per heavy atom. The van der Waals surface area contributed by atoms with Gasteiger partial charge in [0.2, 0.25) is 11.8 Å². The smallest absolute Gasteiger partial charge is 0.226 e. The van der Waals surface area contributed by atoms with Crippen LogP contribution in [0.25, 0.3) is 11.5 Å². The van der Waals surface area contributed by atoms with E-state index >= 15 is 0 Å². The van der Waals surface area contributed by atoms with Crippen LogP contribution in [0, 0.1) is 6.92 Å². The van der Waals surface area contributed by atoms with Crippen molar-refractivity contribution >= 4 is 5.91 Å². The summed E-state index contributed by atoms with van der Waals surface area (Å²) in [6.07, 6.45) is 0.260. The molecule has 18 heavy (non-hydrogen) atoms. The number of nitrogens with zero attached hydrogens (tertiary/aromatic N) is 1. The lowest BCUT2D eigenvalue weighted by Gasteiger charge is -1.98. The van der Waals surface area contributed by atoms with Gasteiger partial charge in [-0.05, 0) is 26.0 Å². The lowest BCUT2D eigenvalue weighted by atomic mass is 10.2. The minimum atomic E-state index is -0.0338. The summed E-state index contributed by atoms with van der Waals surface area (Å²) in [4.78, 5) is 15.9. The highest BCUT2D eigenvalue weighted by molar-refractivity contribution is 5.78. The highest BCUT2D eigenvalue weighted by Gasteiger charge is 2.13. The van der Waals surface area contributed by atoms with E-state index in [1.165, 1.54) is 0 Å².